The summed E-state index contributed by atoms with van der Waals surface area (Å²) in [4.78, 5) is 14.3. The predicted octanol–water partition coefficient (Wildman–Crippen LogP) is 6.41. The van der Waals surface area contributed by atoms with Crippen LogP contribution in [0.15, 0.2) is 78.9 Å². The first kappa shape index (κ1) is 28.8. The van der Waals surface area contributed by atoms with E-state index in [9.17, 15) is 9.90 Å². The van der Waals surface area contributed by atoms with Gasteiger partial charge in [-0.25, -0.2) is 0 Å². The van der Waals surface area contributed by atoms with Gasteiger partial charge in [0.1, 0.15) is 0 Å². The van der Waals surface area contributed by atoms with E-state index in [0.29, 0.717) is 12.2 Å². The van der Waals surface area contributed by atoms with Crippen LogP contribution in [-0.2, 0) is 27.4 Å². The Morgan fingerprint density at radius 2 is 1.55 bits per heavy atom. The normalized spacial score (nSPS) is 21.9. The molecule has 0 unspecified atom stereocenters. The highest BCUT2D eigenvalue weighted by molar-refractivity contribution is 6.76. The molecule has 0 aromatic heterocycles. The number of amides is 1. The number of likely N-dealkylation sites (N-methyl/N-ethyl adjacent to an activating group) is 1. The zero-order chi connectivity index (χ0) is 27.3. The van der Waals surface area contributed by atoms with E-state index in [1.165, 1.54) is 5.56 Å². The van der Waals surface area contributed by atoms with Gasteiger partial charge >= 0.3 is 0 Å². The summed E-state index contributed by atoms with van der Waals surface area (Å²) in [6, 6.07) is 25.2. The van der Waals surface area contributed by atoms with Crippen molar-refractivity contribution in [2.45, 2.75) is 42.4 Å². The third-order valence-corrected chi connectivity index (χ3v) is 7.12. The molecule has 0 saturated carbocycles. The lowest BCUT2D eigenvalue weighted by molar-refractivity contribution is -0.276. The Kier molecular flexibility index (Phi) is 9.71. The fourth-order valence-electron chi connectivity index (χ4n) is 4.52. The minimum Gasteiger partial charge on any atom is -0.392 e. The van der Waals surface area contributed by atoms with Crippen molar-refractivity contribution in [3.05, 3.63) is 101 Å². The zero-order valence-electron chi connectivity index (χ0n) is 21.2. The molecule has 1 amide bonds. The molecule has 9 heteroatoms. The average Bonchev–Trinajstić information content (AvgIpc) is 2.90. The molecule has 3 aromatic carbocycles. The van der Waals surface area contributed by atoms with E-state index < -0.39 is 16.0 Å². The molecule has 1 aliphatic rings. The average molecular weight is 578 g/mol. The first-order valence-electron chi connectivity index (χ1n) is 12.3. The van der Waals surface area contributed by atoms with E-state index in [-0.39, 0.29) is 24.7 Å². The molecule has 2 N–H and O–H groups in total. The van der Waals surface area contributed by atoms with Crippen molar-refractivity contribution in [3.63, 3.8) is 0 Å². The van der Waals surface area contributed by atoms with Gasteiger partial charge in [-0.1, -0.05) is 108 Å². The van der Waals surface area contributed by atoms with E-state index in [1.807, 2.05) is 54.6 Å². The van der Waals surface area contributed by atoms with Gasteiger partial charge < -0.3 is 19.9 Å². The molecule has 1 heterocycles. The standard InChI is InChI=1S/C29H31Cl3N2O4/c1-19-25(17-34(2)16-20-6-4-3-5-7-20)37-27(38-26(19)22-10-8-21(18-35)9-11-22)23-12-14-24(15-13-23)33-28(36)29(30,31)32/h3-15,19,25-27,35H,16-18H2,1-2H3,(H,33,36)/t19-,25+,26+,27+/m1/s1. The van der Waals surface area contributed by atoms with Crippen LogP contribution in [0.2, 0.25) is 0 Å². The van der Waals surface area contributed by atoms with Crippen LogP contribution in [0.3, 0.4) is 0 Å². The fourth-order valence-corrected chi connectivity index (χ4v) is 4.66. The third kappa shape index (κ3) is 7.48. The van der Waals surface area contributed by atoms with Crippen LogP contribution >= 0.6 is 34.8 Å². The Morgan fingerprint density at radius 3 is 2.16 bits per heavy atom. The van der Waals surface area contributed by atoms with Gasteiger partial charge in [-0.3, -0.25) is 9.69 Å². The van der Waals surface area contributed by atoms with Crippen molar-refractivity contribution in [1.82, 2.24) is 4.90 Å². The van der Waals surface area contributed by atoms with Crippen molar-refractivity contribution >= 4 is 46.4 Å². The van der Waals surface area contributed by atoms with Crippen LogP contribution in [0, 0.1) is 5.92 Å². The van der Waals surface area contributed by atoms with Gasteiger partial charge in [0, 0.05) is 30.3 Å². The molecule has 1 saturated heterocycles. The van der Waals surface area contributed by atoms with Crippen LogP contribution in [-0.4, -0.2) is 39.4 Å². The van der Waals surface area contributed by atoms with Gasteiger partial charge in [-0.15, -0.1) is 0 Å². The number of aliphatic hydroxyl groups excluding tert-OH is 1. The largest absolute Gasteiger partial charge is 0.392 e. The molecule has 0 radical (unpaired) electrons. The molecule has 6 nitrogen and oxygen atoms in total. The number of carbonyl (C=O) groups is 1. The van der Waals surface area contributed by atoms with Gasteiger partial charge in [0.05, 0.1) is 18.8 Å². The predicted molar refractivity (Wildman–Crippen MR) is 151 cm³/mol. The lowest BCUT2D eigenvalue weighted by atomic mass is 9.90. The summed E-state index contributed by atoms with van der Waals surface area (Å²) < 4.78 is 11.0. The number of aliphatic hydroxyl groups is 1. The van der Waals surface area contributed by atoms with Gasteiger partial charge in [0.15, 0.2) is 6.29 Å². The van der Waals surface area contributed by atoms with Crippen LogP contribution < -0.4 is 5.32 Å². The number of halogens is 3. The van der Waals surface area contributed by atoms with Crippen LogP contribution in [0.5, 0.6) is 0 Å². The summed E-state index contributed by atoms with van der Waals surface area (Å²) in [6.07, 6.45) is -0.962. The number of benzene rings is 3. The second kappa shape index (κ2) is 12.8. The van der Waals surface area contributed by atoms with E-state index in [0.717, 1.165) is 23.2 Å². The molecule has 0 bridgehead atoms. The quantitative estimate of drug-likeness (QED) is 0.303. The summed E-state index contributed by atoms with van der Waals surface area (Å²) in [6.45, 7) is 3.63. The number of hydrogen-bond donors (Lipinski definition) is 2. The van der Waals surface area contributed by atoms with Gasteiger partial charge in [-0.2, -0.15) is 0 Å². The maximum atomic E-state index is 12.0. The second-order valence-corrected chi connectivity index (χ2v) is 11.9. The number of nitrogens with zero attached hydrogens (tertiary/aromatic N) is 1. The molecular weight excluding hydrogens is 547 g/mol. The van der Waals surface area contributed by atoms with E-state index in [2.05, 4.69) is 36.3 Å². The van der Waals surface area contributed by atoms with Gasteiger partial charge in [0.25, 0.3) is 9.70 Å². The van der Waals surface area contributed by atoms with E-state index in [1.54, 1.807) is 12.1 Å². The number of nitrogens with one attached hydrogen (secondary N) is 1. The van der Waals surface area contributed by atoms with Gasteiger partial charge in [0.2, 0.25) is 0 Å². The maximum Gasteiger partial charge on any atom is 0.276 e. The molecule has 0 spiro atoms. The molecule has 0 aliphatic carbocycles. The first-order valence-corrected chi connectivity index (χ1v) is 13.5. The molecular formula is C29H31Cl3N2O4. The molecule has 1 aliphatic heterocycles. The van der Waals surface area contributed by atoms with E-state index in [4.69, 9.17) is 44.3 Å². The Morgan fingerprint density at radius 1 is 0.921 bits per heavy atom. The topological polar surface area (TPSA) is 71.0 Å². The second-order valence-electron chi connectivity index (χ2n) is 9.58. The summed E-state index contributed by atoms with van der Waals surface area (Å²) in [7, 11) is 2.08. The Labute approximate surface area is 238 Å². The summed E-state index contributed by atoms with van der Waals surface area (Å²) in [5.41, 5.74) is 4.39. The summed E-state index contributed by atoms with van der Waals surface area (Å²) in [5, 5.41) is 12.0. The minimum absolute atomic E-state index is 0.0127. The van der Waals surface area contributed by atoms with Crippen molar-refractivity contribution in [2.75, 3.05) is 18.9 Å². The SMILES string of the molecule is C[C@@H]1[C@H](CN(C)Cc2ccccc2)O[C@H](c2ccc(NC(=O)C(Cl)(Cl)Cl)cc2)O[C@@H]1c1ccc(CO)cc1. The van der Waals surface area contributed by atoms with Crippen molar-refractivity contribution < 1.29 is 19.4 Å². The lowest BCUT2D eigenvalue weighted by Crippen LogP contribution is -2.43. The zero-order valence-corrected chi connectivity index (χ0v) is 23.5. The number of carbonyl (C=O) groups excluding carboxylic acids is 1. The number of hydrogen-bond acceptors (Lipinski definition) is 5. The highest BCUT2D eigenvalue weighted by Crippen LogP contribution is 2.42. The van der Waals surface area contributed by atoms with Crippen LogP contribution in [0.25, 0.3) is 0 Å². The smallest absolute Gasteiger partial charge is 0.276 e. The molecule has 3 aromatic rings. The third-order valence-electron chi connectivity index (χ3n) is 6.61. The monoisotopic (exact) mass is 576 g/mol. The summed E-state index contributed by atoms with van der Waals surface area (Å²) >= 11 is 17.0. The van der Waals surface area contributed by atoms with Crippen molar-refractivity contribution in [3.8, 4) is 0 Å². The molecule has 202 valence electrons. The first-order chi connectivity index (χ1) is 18.1. The molecule has 1 fully saturated rings. The van der Waals surface area contributed by atoms with Crippen LogP contribution in [0.4, 0.5) is 5.69 Å². The lowest BCUT2D eigenvalue weighted by Gasteiger charge is -2.42. The Hall–Kier alpha value is -2.16. The number of rotatable bonds is 8. The molecule has 4 atom stereocenters. The number of alkyl halides is 3. The van der Waals surface area contributed by atoms with Crippen molar-refractivity contribution in [2.24, 2.45) is 5.92 Å². The van der Waals surface area contributed by atoms with E-state index >= 15 is 0 Å². The van der Waals surface area contributed by atoms with Crippen LogP contribution in [0.1, 0.15) is 41.6 Å². The molecule has 38 heavy (non-hydrogen) atoms. The summed E-state index contributed by atoms with van der Waals surface area (Å²) in [5.74, 6) is -0.672. The fraction of sp³-hybridized carbons (Fsp3) is 0.345. The minimum atomic E-state index is -2.05. The highest BCUT2D eigenvalue weighted by atomic mass is 35.6. The Bertz CT molecular complexity index is 1190. The Balaban J connectivity index is 1.54. The highest BCUT2D eigenvalue weighted by Gasteiger charge is 2.39. The van der Waals surface area contributed by atoms with Gasteiger partial charge in [-0.05, 0) is 35.9 Å². The molecule has 4 rings (SSSR count). The van der Waals surface area contributed by atoms with Crippen molar-refractivity contribution in [1.29, 1.82) is 0 Å². The maximum absolute atomic E-state index is 12.0. The number of ether oxygens (including phenoxy) is 2. The number of anilines is 1.